The van der Waals surface area contributed by atoms with Crippen LogP contribution in [0.25, 0.3) is 0 Å². The fourth-order valence-corrected chi connectivity index (χ4v) is 2.48. The zero-order valence-corrected chi connectivity index (χ0v) is 12.9. The van der Waals surface area contributed by atoms with Crippen LogP contribution in [0.15, 0.2) is 34.8 Å². The van der Waals surface area contributed by atoms with Crippen LogP contribution in [-0.2, 0) is 0 Å². The average molecular weight is 359 g/mol. The standard InChI is InChI=1S/C15H13BrF2O3/c1-20-13-6-9(10(16)7-14(13)21-2)15(19)8-3-4-11(17)12(18)5-8/h3-7,15,19H,1-2H3. The van der Waals surface area contributed by atoms with Crippen LogP contribution in [0.3, 0.4) is 0 Å². The first kappa shape index (κ1) is 15.7. The highest BCUT2D eigenvalue weighted by molar-refractivity contribution is 9.10. The van der Waals surface area contributed by atoms with Gasteiger partial charge in [-0.1, -0.05) is 22.0 Å². The first-order valence-electron chi connectivity index (χ1n) is 6.02. The van der Waals surface area contributed by atoms with Gasteiger partial charge in [-0.25, -0.2) is 8.78 Å². The van der Waals surface area contributed by atoms with Gasteiger partial charge in [0, 0.05) is 10.0 Å². The lowest BCUT2D eigenvalue weighted by Crippen LogP contribution is -2.03. The summed E-state index contributed by atoms with van der Waals surface area (Å²) >= 11 is 3.32. The summed E-state index contributed by atoms with van der Waals surface area (Å²) in [6.07, 6.45) is -1.13. The molecule has 2 rings (SSSR count). The molecule has 0 radical (unpaired) electrons. The molecule has 0 heterocycles. The van der Waals surface area contributed by atoms with E-state index < -0.39 is 17.7 Å². The molecule has 0 aliphatic heterocycles. The highest BCUT2D eigenvalue weighted by Crippen LogP contribution is 2.38. The lowest BCUT2D eigenvalue weighted by Gasteiger charge is -2.16. The van der Waals surface area contributed by atoms with Crippen LogP contribution in [0.4, 0.5) is 8.78 Å². The van der Waals surface area contributed by atoms with E-state index in [1.807, 2.05) is 0 Å². The third-order valence-electron chi connectivity index (χ3n) is 3.06. The molecule has 0 fully saturated rings. The Morgan fingerprint density at radius 3 is 2.19 bits per heavy atom. The third-order valence-corrected chi connectivity index (χ3v) is 3.74. The molecule has 1 N–H and O–H groups in total. The van der Waals surface area contributed by atoms with Gasteiger partial charge in [0.2, 0.25) is 0 Å². The van der Waals surface area contributed by atoms with Crippen molar-refractivity contribution < 1.29 is 23.4 Å². The molecule has 21 heavy (non-hydrogen) atoms. The summed E-state index contributed by atoms with van der Waals surface area (Å²) in [5.74, 6) is -1.05. The number of hydrogen-bond donors (Lipinski definition) is 1. The van der Waals surface area contributed by atoms with Gasteiger partial charge in [0.25, 0.3) is 0 Å². The highest BCUT2D eigenvalue weighted by atomic mass is 79.9. The number of benzene rings is 2. The maximum atomic E-state index is 13.3. The number of rotatable bonds is 4. The molecule has 2 aromatic rings. The van der Waals surface area contributed by atoms with E-state index in [2.05, 4.69) is 15.9 Å². The van der Waals surface area contributed by atoms with Gasteiger partial charge in [0.15, 0.2) is 23.1 Å². The lowest BCUT2D eigenvalue weighted by atomic mass is 10.0. The quantitative estimate of drug-likeness (QED) is 0.902. The van der Waals surface area contributed by atoms with Gasteiger partial charge >= 0.3 is 0 Å². The van der Waals surface area contributed by atoms with Crippen molar-refractivity contribution in [2.75, 3.05) is 14.2 Å². The van der Waals surface area contributed by atoms with Gasteiger partial charge in [0.1, 0.15) is 6.10 Å². The molecule has 0 aliphatic carbocycles. The van der Waals surface area contributed by atoms with Crippen LogP contribution >= 0.6 is 15.9 Å². The monoisotopic (exact) mass is 358 g/mol. The van der Waals surface area contributed by atoms with E-state index in [4.69, 9.17) is 9.47 Å². The maximum Gasteiger partial charge on any atom is 0.161 e. The molecule has 6 heteroatoms. The molecule has 1 unspecified atom stereocenters. The molecule has 0 saturated heterocycles. The molecule has 112 valence electrons. The van der Waals surface area contributed by atoms with E-state index in [-0.39, 0.29) is 5.56 Å². The van der Waals surface area contributed by atoms with E-state index in [0.717, 1.165) is 12.1 Å². The summed E-state index contributed by atoms with van der Waals surface area (Å²) in [6, 6.07) is 6.48. The Kier molecular flexibility index (Phi) is 4.80. The number of methoxy groups -OCH3 is 2. The summed E-state index contributed by atoms with van der Waals surface area (Å²) in [4.78, 5) is 0. The second-order valence-electron chi connectivity index (χ2n) is 4.30. The molecule has 0 amide bonds. The van der Waals surface area contributed by atoms with Crippen molar-refractivity contribution in [2.45, 2.75) is 6.10 Å². The van der Waals surface area contributed by atoms with E-state index in [0.29, 0.717) is 21.5 Å². The normalized spacial score (nSPS) is 12.1. The predicted octanol–water partition coefficient (Wildman–Crippen LogP) is 3.83. The van der Waals surface area contributed by atoms with Crippen molar-refractivity contribution in [3.63, 3.8) is 0 Å². The lowest BCUT2D eigenvalue weighted by molar-refractivity contribution is 0.218. The van der Waals surface area contributed by atoms with Crippen LogP contribution in [0.2, 0.25) is 0 Å². The predicted molar refractivity (Wildman–Crippen MR) is 77.7 cm³/mol. The summed E-state index contributed by atoms with van der Waals surface area (Å²) < 4.78 is 37.1. The minimum atomic E-state index is -1.13. The molecular formula is C15H13BrF2O3. The zero-order valence-electron chi connectivity index (χ0n) is 11.4. The zero-order chi connectivity index (χ0) is 15.6. The smallest absolute Gasteiger partial charge is 0.161 e. The minimum Gasteiger partial charge on any atom is -0.493 e. The molecule has 2 aromatic carbocycles. The van der Waals surface area contributed by atoms with E-state index in [1.54, 1.807) is 12.1 Å². The molecule has 0 aliphatic rings. The Morgan fingerprint density at radius 2 is 1.62 bits per heavy atom. The van der Waals surface area contributed by atoms with Crippen molar-refractivity contribution in [1.82, 2.24) is 0 Å². The van der Waals surface area contributed by atoms with Gasteiger partial charge in [-0.3, -0.25) is 0 Å². The molecular weight excluding hydrogens is 346 g/mol. The van der Waals surface area contributed by atoms with Crippen molar-refractivity contribution in [2.24, 2.45) is 0 Å². The number of aliphatic hydroxyl groups excluding tert-OH is 1. The average Bonchev–Trinajstić information content (AvgIpc) is 2.49. The minimum absolute atomic E-state index is 0.238. The number of halogens is 3. The van der Waals surface area contributed by atoms with Gasteiger partial charge in [-0.2, -0.15) is 0 Å². The fourth-order valence-electron chi connectivity index (χ4n) is 1.94. The Bertz CT molecular complexity index is 662. The van der Waals surface area contributed by atoms with E-state index in [1.165, 1.54) is 20.3 Å². The Morgan fingerprint density at radius 1 is 1.00 bits per heavy atom. The molecule has 3 nitrogen and oxygen atoms in total. The van der Waals surface area contributed by atoms with Crippen molar-refractivity contribution in [3.8, 4) is 11.5 Å². The van der Waals surface area contributed by atoms with Gasteiger partial charge in [-0.15, -0.1) is 0 Å². The van der Waals surface area contributed by atoms with Crippen LogP contribution in [0, 0.1) is 11.6 Å². The Labute approximate surface area is 129 Å². The molecule has 0 aromatic heterocycles. The number of aliphatic hydroxyl groups is 1. The number of hydrogen-bond acceptors (Lipinski definition) is 3. The van der Waals surface area contributed by atoms with Gasteiger partial charge in [0.05, 0.1) is 14.2 Å². The first-order chi connectivity index (χ1) is 9.97. The van der Waals surface area contributed by atoms with Crippen LogP contribution in [0.1, 0.15) is 17.2 Å². The first-order valence-corrected chi connectivity index (χ1v) is 6.81. The van der Waals surface area contributed by atoms with Crippen LogP contribution < -0.4 is 9.47 Å². The topological polar surface area (TPSA) is 38.7 Å². The Balaban J connectivity index is 2.47. The van der Waals surface area contributed by atoms with E-state index in [9.17, 15) is 13.9 Å². The van der Waals surface area contributed by atoms with Gasteiger partial charge < -0.3 is 14.6 Å². The molecule has 0 spiro atoms. The van der Waals surface area contributed by atoms with Crippen molar-refractivity contribution in [1.29, 1.82) is 0 Å². The van der Waals surface area contributed by atoms with Gasteiger partial charge in [-0.05, 0) is 29.8 Å². The summed E-state index contributed by atoms with van der Waals surface area (Å²) in [7, 11) is 2.97. The molecule has 0 bridgehead atoms. The third kappa shape index (κ3) is 3.16. The Hall–Kier alpha value is -1.66. The maximum absolute atomic E-state index is 13.3. The molecule has 1 atom stereocenters. The second kappa shape index (κ2) is 6.41. The highest BCUT2D eigenvalue weighted by Gasteiger charge is 2.19. The summed E-state index contributed by atoms with van der Waals surface area (Å²) in [5.41, 5.74) is 0.695. The fraction of sp³-hybridized carbons (Fsp3) is 0.200. The van der Waals surface area contributed by atoms with Crippen molar-refractivity contribution >= 4 is 15.9 Å². The second-order valence-corrected chi connectivity index (χ2v) is 5.16. The van der Waals surface area contributed by atoms with E-state index >= 15 is 0 Å². The molecule has 0 saturated carbocycles. The number of ether oxygens (including phenoxy) is 2. The largest absolute Gasteiger partial charge is 0.493 e. The summed E-state index contributed by atoms with van der Waals surface area (Å²) in [6.45, 7) is 0. The van der Waals surface area contributed by atoms with Crippen molar-refractivity contribution in [3.05, 3.63) is 57.6 Å². The summed E-state index contributed by atoms with van der Waals surface area (Å²) in [5, 5.41) is 10.4. The van der Waals surface area contributed by atoms with Crippen LogP contribution in [-0.4, -0.2) is 19.3 Å². The SMILES string of the molecule is COc1cc(Br)c(C(O)c2ccc(F)c(F)c2)cc1OC. The van der Waals surface area contributed by atoms with Crippen LogP contribution in [0.5, 0.6) is 11.5 Å².